The van der Waals surface area contributed by atoms with Crippen molar-refractivity contribution in [1.29, 1.82) is 0 Å². The summed E-state index contributed by atoms with van der Waals surface area (Å²) in [6.45, 7) is 8.58. The number of hydrogen-bond acceptors (Lipinski definition) is 5. The van der Waals surface area contributed by atoms with Crippen molar-refractivity contribution >= 4 is 0 Å². The molecule has 0 N–H and O–H groups in total. The van der Waals surface area contributed by atoms with E-state index in [1.54, 1.807) is 0 Å². The Morgan fingerprint density at radius 1 is 0.893 bits per heavy atom. The summed E-state index contributed by atoms with van der Waals surface area (Å²) in [4.78, 5) is 9.73. The maximum atomic E-state index is 4.65. The molecule has 2 aromatic heterocycles. The van der Waals surface area contributed by atoms with Crippen molar-refractivity contribution in [1.82, 2.24) is 29.5 Å². The van der Waals surface area contributed by atoms with E-state index in [2.05, 4.69) is 61.7 Å². The summed E-state index contributed by atoms with van der Waals surface area (Å²) in [6.07, 6.45) is 7.69. The molecule has 0 amide bonds. The Hall–Kier alpha value is -1.79. The number of aromatic nitrogens is 4. The van der Waals surface area contributed by atoms with Crippen molar-refractivity contribution in [2.45, 2.75) is 64.5 Å². The molecule has 0 spiro atoms. The third-order valence-corrected chi connectivity index (χ3v) is 6.35. The van der Waals surface area contributed by atoms with Gasteiger partial charge in [-0.3, -0.25) is 14.8 Å². The van der Waals surface area contributed by atoms with E-state index in [0.717, 1.165) is 50.5 Å². The predicted molar refractivity (Wildman–Crippen MR) is 111 cm³/mol. The lowest BCUT2D eigenvalue weighted by molar-refractivity contribution is 0.198. The maximum Gasteiger partial charge on any atom is 0.146 e. The van der Waals surface area contributed by atoms with Crippen LogP contribution in [0.5, 0.6) is 0 Å². The highest BCUT2D eigenvalue weighted by Crippen LogP contribution is 2.27. The highest BCUT2D eigenvalue weighted by Gasteiger charge is 2.26. The van der Waals surface area contributed by atoms with E-state index in [-0.39, 0.29) is 0 Å². The summed E-state index contributed by atoms with van der Waals surface area (Å²) in [5.74, 6) is 2.83. The molecule has 4 heterocycles. The Morgan fingerprint density at radius 2 is 1.61 bits per heavy atom. The zero-order valence-electron chi connectivity index (χ0n) is 17.5. The van der Waals surface area contributed by atoms with Crippen LogP contribution in [0.2, 0.25) is 0 Å². The van der Waals surface area contributed by atoms with Crippen LogP contribution in [0.15, 0.2) is 18.2 Å². The molecule has 2 aromatic rings. The van der Waals surface area contributed by atoms with Crippen molar-refractivity contribution in [2.75, 3.05) is 26.2 Å². The monoisotopic (exact) mass is 382 g/mol. The van der Waals surface area contributed by atoms with Crippen LogP contribution in [0.3, 0.4) is 0 Å². The number of hydrogen-bond donors (Lipinski definition) is 0. The quantitative estimate of drug-likeness (QED) is 0.794. The summed E-state index contributed by atoms with van der Waals surface area (Å²) >= 11 is 0. The molecule has 6 heteroatoms. The first-order chi connectivity index (χ1) is 13.7. The van der Waals surface area contributed by atoms with Crippen molar-refractivity contribution in [2.24, 2.45) is 7.05 Å². The molecule has 0 bridgehead atoms. The van der Waals surface area contributed by atoms with Gasteiger partial charge in [0.25, 0.3) is 0 Å². The summed E-state index contributed by atoms with van der Waals surface area (Å²) in [5, 5.41) is 9.16. The highest BCUT2D eigenvalue weighted by molar-refractivity contribution is 5.10. The summed E-state index contributed by atoms with van der Waals surface area (Å²) in [6, 6.07) is 6.31. The number of nitrogens with zero attached hydrogens (tertiary/aromatic N) is 6. The second-order valence-corrected chi connectivity index (χ2v) is 8.54. The SMILES string of the molecule is Cc1cccc(CN2CCC(c3nnc(CN4CCCCCC4)n3C)CC2)n1. The van der Waals surface area contributed by atoms with E-state index in [4.69, 9.17) is 0 Å². The minimum absolute atomic E-state index is 0.525. The molecule has 4 rings (SSSR count). The van der Waals surface area contributed by atoms with Crippen LogP contribution in [0, 0.1) is 6.92 Å². The minimum Gasteiger partial charge on any atom is -0.317 e. The molecule has 2 aliphatic rings. The largest absolute Gasteiger partial charge is 0.317 e. The van der Waals surface area contributed by atoms with Gasteiger partial charge in [-0.15, -0.1) is 10.2 Å². The summed E-state index contributed by atoms with van der Waals surface area (Å²) in [7, 11) is 2.16. The zero-order valence-corrected chi connectivity index (χ0v) is 17.5. The van der Waals surface area contributed by atoms with Gasteiger partial charge in [-0.2, -0.15) is 0 Å². The van der Waals surface area contributed by atoms with Gasteiger partial charge in [-0.25, -0.2) is 0 Å². The smallest absolute Gasteiger partial charge is 0.146 e. The average Bonchev–Trinajstić information content (AvgIpc) is 2.89. The molecule has 0 saturated carbocycles. The van der Waals surface area contributed by atoms with Crippen LogP contribution < -0.4 is 0 Å². The van der Waals surface area contributed by atoms with Crippen molar-refractivity contribution < 1.29 is 0 Å². The second-order valence-electron chi connectivity index (χ2n) is 8.54. The van der Waals surface area contributed by atoms with E-state index < -0.39 is 0 Å². The van der Waals surface area contributed by atoms with Crippen LogP contribution in [0.25, 0.3) is 0 Å². The lowest BCUT2D eigenvalue weighted by atomic mass is 9.96. The normalized spacial score (nSPS) is 20.4. The third kappa shape index (κ3) is 4.78. The number of aryl methyl sites for hydroxylation is 1. The molecule has 2 aliphatic heterocycles. The van der Waals surface area contributed by atoms with Crippen molar-refractivity contribution in [3.8, 4) is 0 Å². The minimum atomic E-state index is 0.525. The average molecular weight is 383 g/mol. The molecule has 0 aromatic carbocycles. The Labute approximate surface area is 169 Å². The standard InChI is InChI=1S/C22H34N6/c1-18-8-7-9-20(23-18)16-28-14-10-19(11-15-28)22-25-24-21(26(22)2)17-27-12-5-3-4-6-13-27/h7-9,19H,3-6,10-17H2,1-2H3. The molecule has 0 aliphatic carbocycles. The number of pyridine rings is 1. The lowest BCUT2D eigenvalue weighted by Gasteiger charge is -2.31. The Balaban J connectivity index is 1.32. The Morgan fingerprint density at radius 3 is 2.32 bits per heavy atom. The van der Waals surface area contributed by atoms with Gasteiger partial charge >= 0.3 is 0 Å². The molecule has 152 valence electrons. The first-order valence-electron chi connectivity index (χ1n) is 10.9. The Kier molecular flexibility index (Phi) is 6.37. The van der Waals surface area contributed by atoms with Gasteiger partial charge in [0, 0.05) is 25.2 Å². The van der Waals surface area contributed by atoms with Crippen molar-refractivity contribution in [3.63, 3.8) is 0 Å². The van der Waals surface area contributed by atoms with E-state index in [0.29, 0.717) is 5.92 Å². The van der Waals surface area contributed by atoms with Crippen LogP contribution >= 0.6 is 0 Å². The molecular formula is C22H34N6. The van der Waals surface area contributed by atoms with Gasteiger partial charge in [0.05, 0.1) is 12.2 Å². The van der Waals surface area contributed by atoms with Crippen LogP contribution in [0.4, 0.5) is 0 Å². The van der Waals surface area contributed by atoms with E-state index in [1.807, 2.05) is 0 Å². The Bertz CT molecular complexity index is 754. The fourth-order valence-corrected chi connectivity index (χ4v) is 4.63. The van der Waals surface area contributed by atoms with Gasteiger partial charge in [0.15, 0.2) is 0 Å². The molecule has 0 radical (unpaired) electrons. The molecule has 6 nitrogen and oxygen atoms in total. The van der Waals surface area contributed by atoms with Crippen LogP contribution in [-0.4, -0.2) is 55.7 Å². The first-order valence-corrected chi connectivity index (χ1v) is 10.9. The molecule has 28 heavy (non-hydrogen) atoms. The maximum absolute atomic E-state index is 4.65. The number of rotatable bonds is 5. The van der Waals surface area contributed by atoms with E-state index in [1.165, 1.54) is 50.3 Å². The zero-order chi connectivity index (χ0) is 19.3. The van der Waals surface area contributed by atoms with Crippen LogP contribution in [-0.2, 0) is 20.1 Å². The fourth-order valence-electron chi connectivity index (χ4n) is 4.63. The topological polar surface area (TPSA) is 50.1 Å². The summed E-state index contributed by atoms with van der Waals surface area (Å²) < 4.78 is 2.27. The van der Waals surface area contributed by atoms with Crippen LogP contribution in [0.1, 0.15) is 67.5 Å². The van der Waals surface area contributed by atoms with Gasteiger partial charge in [0.2, 0.25) is 0 Å². The number of likely N-dealkylation sites (tertiary alicyclic amines) is 2. The third-order valence-electron chi connectivity index (χ3n) is 6.35. The second kappa shape index (κ2) is 9.14. The number of piperidine rings is 1. The van der Waals surface area contributed by atoms with E-state index >= 15 is 0 Å². The fraction of sp³-hybridized carbons (Fsp3) is 0.682. The van der Waals surface area contributed by atoms with Gasteiger partial charge in [0.1, 0.15) is 11.6 Å². The first kappa shape index (κ1) is 19.5. The van der Waals surface area contributed by atoms with Crippen molar-refractivity contribution in [3.05, 3.63) is 41.2 Å². The summed E-state index contributed by atoms with van der Waals surface area (Å²) in [5.41, 5.74) is 2.28. The highest BCUT2D eigenvalue weighted by atomic mass is 15.3. The van der Waals surface area contributed by atoms with Gasteiger partial charge in [-0.05, 0) is 70.9 Å². The van der Waals surface area contributed by atoms with Gasteiger partial charge < -0.3 is 4.57 Å². The molecule has 0 atom stereocenters. The predicted octanol–water partition coefficient (Wildman–Crippen LogP) is 3.27. The molecule has 2 fully saturated rings. The van der Waals surface area contributed by atoms with Gasteiger partial charge in [-0.1, -0.05) is 18.9 Å². The molecular weight excluding hydrogens is 348 g/mol. The lowest BCUT2D eigenvalue weighted by Crippen LogP contribution is -2.33. The molecule has 0 unspecified atom stereocenters. The molecule has 2 saturated heterocycles. The van der Waals surface area contributed by atoms with E-state index in [9.17, 15) is 0 Å².